The second-order valence-corrected chi connectivity index (χ2v) is 5.58. The van der Waals surface area contributed by atoms with Crippen molar-refractivity contribution in [3.8, 4) is 5.75 Å². The van der Waals surface area contributed by atoms with Crippen molar-refractivity contribution in [1.29, 1.82) is 0 Å². The van der Waals surface area contributed by atoms with Gasteiger partial charge in [-0.15, -0.1) is 12.4 Å². The number of rotatable bonds is 1. The number of hydrogen-bond acceptors (Lipinski definition) is 2. The van der Waals surface area contributed by atoms with Gasteiger partial charge in [0.15, 0.2) is 0 Å². The first kappa shape index (κ1) is 13.8. The van der Waals surface area contributed by atoms with E-state index in [4.69, 9.17) is 4.74 Å². The molecule has 2 aliphatic rings. The summed E-state index contributed by atoms with van der Waals surface area (Å²) in [7, 11) is 1.79. The lowest BCUT2D eigenvalue weighted by molar-refractivity contribution is 0.419. The maximum atomic E-state index is 5.64. The summed E-state index contributed by atoms with van der Waals surface area (Å²) in [6, 6.07) is 4.42. The van der Waals surface area contributed by atoms with Crippen LogP contribution in [0.2, 0.25) is 0 Å². The maximum absolute atomic E-state index is 5.64. The lowest BCUT2D eigenvalue weighted by atomic mass is 10.0. The van der Waals surface area contributed by atoms with E-state index in [9.17, 15) is 0 Å². The summed E-state index contributed by atoms with van der Waals surface area (Å²) in [5.41, 5.74) is 6.03. The fraction of sp³-hybridized carbons (Fsp3) is 0.500. The molecule has 2 aromatic rings. The van der Waals surface area contributed by atoms with Crippen LogP contribution in [0.25, 0.3) is 10.9 Å². The standard InChI is InChI=1S/C16H20N2O.ClH/c1-19-14-5-4-11-3-2-10-18-13-7-9-17-8-6-12(13)15(14)16(11)18;/h4-5,17H,2-3,6-10H2,1H3;1H. The highest BCUT2D eigenvalue weighted by Crippen LogP contribution is 2.39. The third kappa shape index (κ3) is 1.84. The smallest absolute Gasteiger partial charge is 0.128 e. The van der Waals surface area contributed by atoms with Crippen molar-refractivity contribution in [3.05, 3.63) is 29.0 Å². The predicted molar refractivity (Wildman–Crippen MR) is 84.3 cm³/mol. The summed E-state index contributed by atoms with van der Waals surface area (Å²) in [6.07, 6.45) is 4.75. The average Bonchev–Trinajstić information content (AvgIpc) is 2.64. The molecule has 0 radical (unpaired) electrons. The maximum Gasteiger partial charge on any atom is 0.128 e. The van der Waals surface area contributed by atoms with Gasteiger partial charge in [-0.05, 0) is 43.0 Å². The molecule has 3 nitrogen and oxygen atoms in total. The highest BCUT2D eigenvalue weighted by atomic mass is 35.5. The molecular formula is C16H21ClN2O. The van der Waals surface area contributed by atoms with Crippen LogP contribution >= 0.6 is 12.4 Å². The molecule has 0 saturated carbocycles. The van der Waals surface area contributed by atoms with Gasteiger partial charge in [0.2, 0.25) is 0 Å². The van der Waals surface area contributed by atoms with Crippen LogP contribution in [0.3, 0.4) is 0 Å². The number of ether oxygens (including phenoxy) is 1. The molecule has 0 atom stereocenters. The minimum absolute atomic E-state index is 0. The molecule has 0 bridgehead atoms. The number of benzene rings is 1. The van der Waals surface area contributed by atoms with E-state index in [2.05, 4.69) is 22.0 Å². The summed E-state index contributed by atoms with van der Waals surface area (Å²) in [4.78, 5) is 0. The number of aromatic nitrogens is 1. The Morgan fingerprint density at radius 1 is 1.15 bits per heavy atom. The van der Waals surface area contributed by atoms with Crippen LogP contribution < -0.4 is 10.1 Å². The van der Waals surface area contributed by atoms with Crippen LogP contribution in [-0.2, 0) is 25.8 Å². The van der Waals surface area contributed by atoms with E-state index in [1.165, 1.54) is 41.4 Å². The number of nitrogens with one attached hydrogen (secondary N) is 1. The van der Waals surface area contributed by atoms with Gasteiger partial charge < -0.3 is 14.6 Å². The number of aryl methyl sites for hydroxylation is 2. The zero-order chi connectivity index (χ0) is 12.8. The van der Waals surface area contributed by atoms with Gasteiger partial charge in [0, 0.05) is 30.6 Å². The highest BCUT2D eigenvalue weighted by molar-refractivity contribution is 5.94. The molecule has 0 amide bonds. The van der Waals surface area contributed by atoms with Crippen LogP contribution in [0.1, 0.15) is 23.2 Å². The van der Waals surface area contributed by atoms with Gasteiger partial charge in [-0.2, -0.15) is 0 Å². The van der Waals surface area contributed by atoms with Crippen LogP contribution in [0, 0.1) is 0 Å². The molecular weight excluding hydrogens is 272 g/mol. The Kier molecular flexibility index (Phi) is 3.65. The van der Waals surface area contributed by atoms with Gasteiger partial charge in [0.05, 0.1) is 12.6 Å². The Labute approximate surface area is 125 Å². The van der Waals surface area contributed by atoms with E-state index in [0.717, 1.165) is 31.7 Å². The Morgan fingerprint density at radius 2 is 2.00 bits per heavy atom. The molecule has 0 unspecified atom stereocenters. The monoisotopic (exact) mass is 292 g/mol. The summed E-state index contributed by atoms with van der Waals surface area (Å²) in [5, 5.41) is 4.90. The van der Waals surface area contributed by atoms with Crippen molar-refractivity contribution in [1.82, 2.24) is 9.88 Å². The van der Waals surface area contributed by atoms with E-state index in [1.807, 2.05) is 0 Å². The Bertz CT molecular complexity index is 648. The number of methoxy groups -OCH3 is 1. The highest BCUT2D eigenvalue weighted by Gasteiger charge is 2.25. The van der Waals surface area contributed by atoms with Crippen LogP contribution in [-0.4, -0.2) is 24.8 Å². The molecule has 4 heteroatoms. The average molecular weight is 293 g/mol. The van der Waals surface area contributed by atoms with E-state index >= 15 is 0 Å². The molecule has 0 aliphatic carbocycles. The Balaban J connectivity index is 0.00000121. The first-order chi connectivity index (χ1) is 9.40. The first-order valence-electron chi connectivity index (χ1n) is 7.30. The van der Waals surface area contributed by atoms with Crippen LogP contribution in [0.5, 0.6) is 5.75 Å². The number of nitrogens with zero attached hydrogens (tertiary/aromatic N) is 1. The molecule has 1 N–H and O–H groups in total. The van der Waals surface area contributed by atoms with Gasteiger partial charge in [-0.25, -0.2) is 0 Å². The molecule has 3 heterocycles. The third-order valence-electron chi connectivity index (χ3n) is 4.61. The normalized spacial score (nSPS) is 17.2. The fourth-order valence-corrected chi connectivity index (χ4v) is 3.80. The number of hydrogen-bond donors (Lipinski definition) is 1. The number of halogens is 1. The van der Waals surface area contributed by atoms with Crippen LogP contribution in [0.4, 0.5) is 0 Å². The molecule has 108 valence electrons. The predicted octanol–water partition coefficient (Wildman–Crippen LogP) is 2.71. The van der Waals surface area contributed by atoms with Crippen LogP contribution in [0.15, 0.2) is 12.1 Å². The fourth-order valence-electron chi connectivity index (χ4n) is 3.80. The van der Waals surface area contributed by atoms with Gasteiger partial charge in [0.25, 0.3) is 0 Å². The second kappa shape index (κ2) is 5.30. The largest absolute Gasteiger partial charge is 0.496 e. The lowest BCUT2D eigenvalue weighted by Crippen LogP contribution is -2.18. The second-order valence-electron chi connectivity index (χ2n) is 5.58. The lowest BCUT2D eigenvalue weighted by Gasteiger charge is -2.18. The van der Waals surface area contributed by atoms with Gasteiger partial charge in [-0.3, -0.25) is 0 Å². The molecule has 2 aliphatic heterocycles. The molecule has 0 saturated heterocycles. The van der Waals surface area contributed by atoms with Crippen molar-refractivity contribution in [2.75, 3.05) is 20.2 Å². The molecule has 0 fully saturated rings. The number of fused-ring (bicyclic) bond motifs is 3. The minimum atomic E-state index is 0. The van der Waals surface area contributed by atoms with Gasteiger partial charge >= 0.3 is 0 Å². The SMILES string of the molecule is COc1ccc2c3c1c1c(n3CCC2)CCNCC1.Cl. The quantitative estimate of drug-likeness (QED) is 0.875. The van der Waals surface area contributed by atoms with E-state index in [-0.39, 0.29) is 12.4 Å². The zero-order valence-electron chi connectivity index (χ0n) is 11.9. The summed E-state index contributed by atoms with van der Waals surface area (Å²) < 4.78 is 8.21. The Hall–Kier alpha value is -1.19. The van der Waals surface area contributed by atoms with Gasteiger partial charge in [-0.1, -0.05) is 6.07 Å². The third-order valence-corrected chi connectivity index (χ3v) is 4.61. The molecule has 1 aromatic heterocycles. The van der Waals surface area contributed by atoms with Crippen molar-refractivity contribution < 1.29 is 4.74 Å². The van der Waals surface area contributed by atoms with E-state index < -0.39 is 0 Å². The van der Waals surface area contributed by atoms with E-state index in [0.29, 0.717) is 0 Å². The molecule has 1 aromatic carbocycles. The van der Waals surface area contributed by atoms with Gasteiger partial charge in [0.1, 0.15) is 5.75 Å². The zero-order valence-corrected chi connectivity index (χ0v) is 12.7. The van der Waals surface area contributed by atoms with E-state index in [1.54, 1.807) is 12.8 Å². The Morgan fingerprint density at radius 3 is 2.85 bits per heavy atom. The topological polar surface area (TPSA) is 26.2 Å². The molecule has 20 heavy (non-hydrogen) atoms. The van der Waals surface area contributed by atoms with Crippen molar-refractivity contribution in [3.63, 3.8) is 0 Å². The van der Waals surface area contributed by atoms with Crippen molar-refractivity contribution in [2.24, 2.45) is 0 Å². The summed E-state index contributed by atoms with van der Waals surface area (Å²) in [5.74, 6) is 1.05. The molecule has 0 spiro atoms. The summed E-state index contributed by atoms with van der Waals surface area (Å²) in [6.45, 7) is 3.35. The molecule has 4 rings (SSSR count). The minimum Gasteiger partial charge on any atom is -0.496 e. The summed E-state index contributed by atoms with van der Waals surface area (Å²) >= 11 is 0. The van der Waals surface area contributed by atoms with Crippen molar-refractivity contribution in [2.45, 2.75) is 32.2 Å². The first-order valence-corrected chi connectivity index (χ1v) is 7.30. The van der Waals surface area contributed by atoms with Crippen molar-refractivity contribution >= 4 is 23.3 Å².